The van der Waals surface area contributed by atoms with E-state index in [1.54, 1.807) is 0 Å². The lowest BCUT2D eigenvalue weighted by Gasteiger charge is -2.23. The van der Waals surface area contributed by atoms with Gasteiger partial charge in [-0.15, -0.1) is 0 Å². The third kappa shape index (κ3) is 6.95. The smallest absolute Gasteiger partial charge is 0.212 e. The molecule has 9 rings (SSSR count). The van der Waals surface area contributed by atoms with Crippen molar-refractivity contribution in [1.82, 2.24) is 58.6 Å². The number of anilines is 3. The number of rotatable bonds is 6. The van der Waals surface area contributed by atoms with Crippen molar-refractivity contribution in [3.8, 4) is 0 Å². The van der Waals surface area contributed by atoms with Gasteiger partial charge in [0, 0.05) is 4.91 Å². The van der Waals surface area contributed by atoms with Gasteiger partial charge in [0.1, 0.15) is 72.0 Å². The van der Waals surface area contributed by atoms with Crippen LogP contribution in [0.2, 0.25) is 0 Å². The zero-order valence-corrected chi connectivity index (χ0v) is 29.9. The molecule has 6 aromatic heterocycles. The molecule has 3 aliphatic rings. The number of imidazole rings is 3. The number of aromatic nitrogens is 12. The van der Waals surface area contributed by atoms with Crippen molar-refractivity contribution >= 4 is 50.9 Å². The second-order valence-electron chi connectivity index (χ2n) is 12.9. The number of nitrogens with zero attached hydrogens (tertiary/aromatic N) is 15. The van der Waals surface area contributed by atoms with Crippen LogP contribution in [0.15, 0.2) is 55.4 Å². The Hall–Kier alpha value is -6.59. The molecule has 0 amide bonds. The average molecular weight is 831 g/mol. The van der Waals surface area contributed by atoms with Crippen LogP contribution in [0.3, 0.4) is 0 Å². The largest absolute Gasteiger partial charge is 0.469 e. The van der Waals surface area contributed by atoms with Gasteiger partial charge in [-0.2, -0.15) is 0 Å². The summed E-state index contributed by atoms with van der Waals surface area (Å²) in [6.45, 7) is 2.08. The van der Waals surface area contributed by atoms with E-state index in [1.807, 2.05) is 0 Å². The molecule has 0 saturated carbocycles. The first-order valence-electron chi connectivity index (χ1n) is 17.0. The van der Waals surface area contributed by atoms with Crippen LogP contribution in [-0.2, 0) is 14.2 Å². The molecule has 3 saturated heterocycles. The molecular weight excluding hydrogens is 797 g/mol. The average Bonchev–Trinajstić information content (AvgIpc) is 4.09. The summed E-state index contributed by atoms with van der Waals surface area (Å²) in [4.78, 5) is 37.7. The Balaban J connectivity index is 0.000000135. The summed E-state index contributed by atoms with van der Waals surface area (Å²) in [6, 6.07) is 0. The molecule has 3 aliphatic heterocycles. The van der Waals surface area contributed by atoms with Gasteiger partial charge in [0.25, 0.3) is 0 Å². The zero-order chi connectivity index (χ0) is 42.3. The van der Waals surface area contributed by atoms with Crippen molar-refractivity contribution < 1.29 is 52.9 Å². The minimum absolute atomic E-state index is 0.0172. The van der Waals surface area contributed by atoms with E-state index in [0.29, 0.717) is 22.3 Å². The maximum absolute atomic E-state index is 14.4. The summed E-state index contributed by atoms with van der Waals surface area (Å²) in [5.41, 5.74) is 25.1. The van der Waals surface area contributed by atoms with E-state index in [1.165, 1.54) is 51.7 Å². The van der Waals surface area contributed by atoms with Gasteiger partial charge < -0.3 is 56.9 Å². The lowest BCUT2D eigenvalue weighted by Crippen LogP contribution is -2.43. The number of alkyl halides is 3. The van der Waals surface area contributed by atoms with Gasteiger partial charge in [0.2, 0.25) is 12.0 Å². The molecule has 0 aromatic carbocycles. The van der Waals surface area contributed by atoms with Crippen molar-refractivity contribution in [2.24, 2.45) is 5.11 Å². The number of aliphatic hydroxyl groups is 5. The highest BCUT2D eigenvalue weighted by molar-refractivity contribution is 5.82. The van der Waals surface area contributed by atoms with Crippen LogP contribution in [0.5, 0.6) is 0 Å². The number of hydrogen-bond acceptors (Lipinski definition) is 21. The summed E-state index contributed by atoms with van der Waals surface area (Å²) in [5.74, 6) is 0.459. The van der Waals surface area contributed by atoms with Gasteiger partial charge in [0.05, 0.1) is 25.9 Å². The normalized spacial score (nSPS) is 30.1. The minimum atomic E-state index is -2.12. The van der Waals surface area contributed by atoms with Crippen LogP contribution in [0.25, 0.3) is 43.9 Å². The van der Waals surface area contributed by atoms with Gasteiger partial charge >= 0.3 is 0 Å². The van der Waals surface area contributed by atoms with Gasteiger partial charge in [0.15, 0.2) is 65.4 Å². The quantitative estimate of drug-likeness (QED) is 0.0554. The molecule has 6 aromatic rings. The van der Waals surface area contributed by atoms with Crippen molar-refractivity contribution in [2.75, 3.05) is 30.4 Å². The maximum Gasteiger partial charge on any atom is 0.212 e. The fraction of sp³-hybridized carbons (Fsp3) is 0.433. The van der Waals surface area contributed by atoms with Crippen LogP contribution >= 0.6 is 0 Å². The van der Waals surface area contributed by atoms with E-state index in [9.17, 15) is 33.6 Å². The number of azide groups is 1. The predicted molar refractivity (Wildman–Crippen MR) is 191 cm³/mol. The van der Waals surface area contributed by atoms with E-state index in [0.717, 1.165) is 0 Å². The Morgan fingerprint density at radius 3 is 1.61 bits per heavy atom. The summed E-state index contributed by atoms with van der Waals surface area (Å²) >= 11 is 0. The molecule has 9 heterocycles. The van der Waals surface area contributed by atoms with Crippen LogP contribution in [0.1, 0.15) is 18.7 Å². The highest BCUT2D eigenvalue weighted by Crippen LogP contribution is 2.41. The molecule has 0 radical (unpaired) electrons. The molecule has 0 bridgehead atoms. The monoisotopic (exact) mass is 830 g/mol. The third-order valence-corrected chi connectivity index (χ3v) is 9.44. The molecule has 26 nitrogen and oxygen atoms in total. The zero-order valence-electron chi connectivity index (χ0n) is 29.9. The maximum atomic E-state index is 14.4. The Kier molecular flexibility index (Phi) is 11.0. The van der Waals surface area contributed by atoms with Crippen molar-refractivity contribution in [3.63, 3.8) is 0 Å². The van der Waals surface area contributed by atoms with Crippen molar-refractivity contribution in [2.45, 2.75) is 67.3 Å². The SMILES string of the molecule is C=C1O[C@@H](n2cnc3c(N)ncnc32)[C@H](F)[C@@H]1O.Nc1ncnc2c1ncn2[C@@H]1O[C@H](CO)[C@@H](O)[C@H]1F.[N-]=[N+]=N[C@]1(CO)O[C@@H](n2cnc3c(N)ncnc32)[C@H](F)[C@@H]1O. The van der Waals surface area contributed by atoms with Gasteiger partial charge in [-0.05, 0) is 5.53 Å². The minimum Gasteiger partial charge on any atom is -0.469 e. The van der Waals surface area contributed by atoms with Crippen LogP contribution in [-0.4, -0.2) is 146 Å². The topological polar surface area (TPSA) is 386 Å². The molecule has 59 heavy (non-hydrogen) atoms. The van der Waals surface area contributed by atoms with Crippen LogP contribution in [0.4, 0.5) is 30.6 Å². The number of ether oxygens (including phenoxy) is 3. The van der Waals surface area contributed by atoms with Crippen molar-refractivity contribution in [1.29, 1.82) is 0 Å². The first kappa shape index (κ1) is 40.6. The highest BCUT2D eigenvalue weighted by atomic mass is 19.1. The molecule has 0 spiro atoms. The van der Waals surface area contributed by atoms with Gasteiger partial charge in [-0.3, -0.25) is 13.7 Å². The predicted octanol–water partition coefficient (Wildman–Crippen LogP) is -1.22. The summed E-state index contributed by atoms with van der Waals surface area (Å²) in [5, 5.41) is 50.5. The van der Waals surface area contributed by atoms with Gasteiger partial charge in [-0.25, -0.2) is 58.0 Å². The summed E-state index contributed by atoms with van der Waals surface area (Å²) < 4.78 is 61.9. The first-order chi connectivity index (χ1) is 28.3. The summed E-state index contributed by atoms with van der Waals surface area (Å²) in [7, 11) is 0. The molecule has 11 atom stereocenters. The van der Waals surface area contributed by atoms with Crippen molar-refractivity contribution in [3.05, 3.63) is 60.7 Å². The van der Waals surface area contributed by atoms with Crippen LogP contribution < -0.4 is 17.2 Å². The molecular formula is C30H33F3N18O8. The number of hydrogen-bond donors (Lipinski definition) is 8. The molecule has 3 fully saturated rings. The molecule has 29 heteroatoms. The second-order valence-corrected chi connectivity index (χ2v) is 12.9. The number of nitrogens with two attached hydrogens (primary N) is 3. The molecule has 312 valence electrons. The molecule has 11 N–H and O–H groups in total. The second kappa shape index (κ2) is 16.0. The summed E-state index contributed by atoms with van der Waals surface area (Å²) in [6.07, 6.45) is -6.90. The van der Waals surface area contributed by atoms with E-state index in [2.05, 4.69) is 61.5 Å². The van der Waals surface area contributed by atoms with Gasteiger partial charge in [-0.1, -0.05) is 11.7 Å². The third-order valence-electron chi connectivity index (χ3n) is 9.44. The fourth-order valence-corrected chi connectivity index (χ4v) is 6.36. The van der Waals surface area contributed by atoms with E-state index >= 15 is 0 Å². The number of fused-ring (bicyclic) bond motifs is 3. The lowest BCUT2D eigenvalue weighted by molar-refractivity contribution is -0.122. The molecule has 0 unspecified atom stereocenters. The van der Waals surface area contributed by atoms with E-state index in [4.69, 9.17) is 42.0 Å². The Labute approximate surface area is 326 Å². The first-order valence-corrected chi connectivity index (χ1v) is 17.0. The number of aliphatic hydroxyl groups excluding tert-OH is 5. The highest BCUT2D eigenvalue weighted by Gasteiger charge is 2.56. The van der Waals surface area contributed by atoms with E-state index in [-0.39, 0.29) is 34.4 Å². The lowest BCUT2D eigenvalue weighted by atomic mass is 10.1. The Morgan fingerprint density at radius 2 is 1.20 bits per heavy atom. The fourth-order valence-electron chi connectivity index (χ4n) is 6.36. The number of halogens is 3. The Morgan fingerprint density at radius 1 is 0.729 bits per heavy atom. The molecule has 0 aliphatic carbocycles. The van der Waals surface area contributed by atoms with Crippen LogP contribution in [0, 0.1) is 0 Å². The standard InChI is InChI=1S/C10H11FN8O3.C10H12FN5O3.C10H10FN5O2/c11-4-6(21)10(1-20,17-18-13)22-9(4)19-3-16-5-7(12)14-2-15-8(5)19;11-5-7(18)4(1-17)19-10(5)16-3-15-6-8(12)13-2-14-9(6)16;1-4-7(17)5(11)10(18-4)16-3-15-6-8(12)13-2-14-9(6)16/h2-4,6,9,20-21H,1H2,(H2,12,14,15);2-5,7,10,17-18H,1H2,(H2,12,13,14);2-3,5,7,10,17H,1H2,(H2,12,13,14)/t4-,6+,9-,10-;4-,5-,7-,10-;5-,7-,10-/m111/s1. The van der Waals surface area contributed by atoms with E-state index < -0.39 is 80.6 Å². The number of nitrogen functional groups attached to an aromatic ring is 3. The Bertz CT molecular complexity index is 2540.